The smallest absolute Gasteiger partial charge is 0.281 e. The van der Waals surface area contributed by atoms with Crippen LogP contribution in [0.5, 0.6) is 0 Å². The fourth-order valence-corrected chi connectivity index (χ4v) is 4.38. The summed E-state index contributed by atoms with van der Waals surface area (Å²) < 4.78 is 28.8. The van der Waals surface area contributed by atoms with Gasteiger partial charge in [-0.05, 0) is 11.4 Å². The van der Waals surface area contributed by atoms with Crippen molar-refractivity contribution >= 4 is 49.2 Å². The second kappa shape index (κ2) is 4.49. The molecule has 3 aromatic rings. The van der Waals surface area contributed by atoms with Gasteiger partial charge in [0, 0.05) is 17.0 Å². The summed E-state index contributed by atoms with van der Waals surface area (Å²) in [6.45, 7) is 0. The molecule has 0 amide bonds. The minimum absolute atomic E-state index is 0.00236. The number of thiazole rings is 1. The molecule has 0 atom stereocenters. The first kappa shape index (κ1) is 12.4. The Morgan fingerprint density at radius 2 is 2.21 bits per heavy atom. The van der Waals surface area contributed by atoms with E-state index in [1.54, 1.807) is 28.4 Å². The van der Waals surface area contributed by atoms with Gasteiger partial charge in [-0.25, -0.2) is 5.84 Å². The molecule has 0 radical (unpaired) electrons. The highest BCUT2D eigenvalue weighted by Crippen LogP contribution is 2.27. The van der Waals surface area contributed by atoms with Crippen LogP contribution in [0.4, 0.5) is 11.5 Å². The van der Waals surface area contributed by atoms with E-state index in [0.29, 0.717) is 10.6 Å². The zero-order valence-corrected chi connectivity index (χ0v) is 11.8. The molecule has 0 fully saturated rings. The number of imidazole rings is 1. The predicted molar refractivity (Wildman–Crippen MR) is 76.0 cm³/mol. The Balaban J connectivity index is 2.14. The van der Waals surface area contributed by atoms with Gasteiger partial charge in [-0.1, -0.05) is 0 Å². The number of hydrazine groups is 1. The summed E-state index contributed by atoms with van der Waals surface area (Å²) in [6, 6.07) is 1.68. The maximum absolute atomic E-state index is 12.4. The molecule has 3 aromatic heterocycles. The monoisotopic (exact) mass is 315 g/mol. The van der Waals surface area contributed by atoms with E-state index in [9.17, 15) is 8.42 Å². The third-order valence-corrected chi connectivity index (χ3v) is 5.23. The van der Waals surface area contributed by atoms with E-state index in [0.717, 1.165) is 0 Å². The number of hydrogen-bond donors (Lipinski definition) is 3. The number of rotatable bonds is 4. The minimum Gasteiger partial charge on any atom is -0.306 e. The van der Waals surface area contributed by atoms with Crippen LogP contribution in [0.15, 0.2) is 33.4 Å². The molecule has 10 heteroatoms. The van der Waals surface area contributed by atoms with Crippen LogP contribution in [0.3, 0.4) is 0 Å². The van der Waals surface area contributed by atoms with Crippen LogP contribution in [-0.4, -0.2) is 17.8 Å². The van der Waals surface area contributed by atoms with Gasteiger partial charge < -0.3 is 5.43 Å². The molecule has 19 heavy (non-hydrogen) atoms. The lowest BCUT2D eigenvalue weighted by atomic mass is 10.6. The Morgan fingerprint density at radius 1 is 1.37 bits per heavy atom. The molecular formula is C9H9N5O2S3. The summed E-state index contributed by atoms with van der Waals surface area (Å²) >= 11 is 2.73. The molecule has 0 spiro atoms. The highest BCUT2D eigenvalue weighted by Gasteiger charge is 2.25. The van der Waals surface area contributed by atoms with Gasteiger partial charge in [0.15, 0.2) is 10.8 Å². The van der Waals surface area contributed by atoms with Crippen LogP contribution in [0, 0.1) is 0 Å². The predicted octanol–water partition coefficient (Wildman–Crippen LogP) is 1.54. The number of fused-ring (bicyclic) bond motifs is 1. The first-order valence-electron chi connectivity index (χ1n) is 5.09. The average molecular weight is 315 g/mol. The molecule has 7 nitrogen and oxygen atoms in total. The van der Waals surface area contributed by atoms with Crippen LogP contribution in [0.2, 0.25) is 0 Å². The number of nitrogens with one attached hydrogen (secondary N) is 2. The molecule has 3 heterocycles. The molecule has 0 bridgehead atoms. The van der Waals surface area contributed by atoms with E-state index < -0.39 is 10.0 Å². The molecule has 0 aromatic carbocycles. The number of thiophene rings is 1. The van der Waals surface area contributed by atoms with Crippen LogP contribution >= 0.6 is 22.7 Å². The number of aromatic nitrogens is 2. The normalized spacial score (nSPS) is 11.8. The van der Waals surface area contributed by atoms with E-state index in [-0.39, 0.29) is 10.8 Å². The van der Waals surface area contributed by atoms with Gasteiger partial charge in [-0.15, -0.1) is 11.3 Å². The lowest BCUT2D eigenvalue weighted by Gasteiger charge is -2.06. The largest absolute Gasteiger partial charge is 0.306 e. The fraction of sp³-hybridized carbons (Fsp3) is 0. The van der Waals surface area contributed by atoms with Crippen LogP contribution < -0.4 is 16.0 Å². The van der Waals surface area contributed by atoms with E-state index in [1.807, 2.05) is 0 Å². The zero-order chi connectivity index (χ0) is 13.5. The van der Waals surface area contributed by atoms with E-state index >= 15 is 0 Å². The van der Waals surface area contributed by atoms with Crippen molar-refractivity contribution in [2.24, 2.45) is 5.84 Å². The lowest BCUT2D eigenvalue weighted by Crippen LogP contribution is -2.18. The Hall–Kier alpha value is -1.62. The van der Waals surface area contributed by atoms with Crippen molar-refractivity contribution in [1.82, 2.24) is 9.38 Å². The minimum atomic E-state index is -3.76. The molecule has 0 aliphatic carbocycles. The summed E-state index contributed by atoms with van der Waals surface area (Å²) in [7, 11) is -3.76. The summed E-state index contributed by atoms with van der Waals surface area (Å²) in [5.74, 6) is 5.45. The Morgan fingerprint density at radius 3 is 2.89 bits per heavy atom. The van der Waals surface area contributed by atoms with E-state index in [2.05, 4.69) is 15.1 Å². The van der Waals surface area contributed by atoms with E-state index in [1.165, 1.54) is 27.1 Å². The molecule has 0 aliphatic heterocycles. The summed E-state index contributed by atoms with van der Waals surface area (Å²) in [5.41, 5.74) is 2.83. The van der Waals surface area contributed by atoms with Crippen LogP contribution in [0.25, 0.3) is 4.96 Å². The molecule has 3 rings (SSSR count). The van der Waals surface area contributed by atoms with Crippen molar-refractivity contribution < 1.29 is 8.42 Å². The molecule has 0 unspecified atom stereocenters. The lowest BCUT2D eigenvalue weighted by molar-refractivity contribution is 0.597. The maximum Gasteiger partial charge on any atom is 0.281 e. The Bertz CT molecular complexity index is 802. The third kappa shape index (κ3) is 2.08. The standard InChI is InChI=1S/C9H9N5O2S3/c10-12-7-8(14-2-4-18-9(14)11-7)19(15,16)13-6-1-3-17-5-6/h1-5,12-13H,10H2. The summed E-state index contributed by atoms with van der Waals surface area (Å²) in [4.78, 5) is 4.67. The van der Waals surface area contributed by atoms with Crippen molar-refractivity contribution in [3.63, 3.8) is 0 Å². The summed E-state index contributed by atoms with van der Waals surface area (Å²) in [6.07, 6.45) is 1.63. The van der Waals surface area contributed by atoms with E-state index in [4.69, 9.17) is 5.84 Å². The number of sulfonamides is 1. The SMILES string of the molecule is NNc1nc2sccn2c1S(=O)(=O)Nc1ccsc1. The van der Waals surface area contributed by atoms with Crippen LogP contribution in [-0.2, 0) is 10.0 Å². The number of nitrogen functional groups attached to an aromatic ring is 1. The molecule has 0 aliphatic rings. The molecule has 0 saturated carbocycles. The van der Waals surface area contributed by atoms with Gasteiger partial charge in [0.05, 0.1) is 5.69 Å². The first-order valence-corrected chi connectivity index (χ1v) is 8.39. The quantitative estimate of drug-likeness (QED) is 0.501. The van der Waals surface area contributed by atoms with Gasteiger partial charge in [0.1, 0.15) is 0 Å². The number of nitrogens with zero attached hydrogens (tertiary/aromatic N) is 2. The number of hydrogen-bond acceptors (Lipinski definition) is 7. The fourth-order valence-electron chi connectivity index (χ4n) is 1.64. The van der Waals surface area contributed by atoms with Crippen molar-refractivity contribution in [2.45, 2.75) is 5.03 Å². The third-order valence-electron chi connectivity index (χ3n) is 2.38. The maximum atomic E-state index is 12.4. The van der Waals surface area contributed by atoms with Gasteiger partial charge in [0.2, 0.25) is 5.03 Å². The second-order valence-corrected chi connectivity index (χ2v) is 6.83. The number of nitrogens with two attached hydrogens (primary N) is 1. The molecule has 0 saturated heterocycles. The van der Waals surface area contributed by atoms with Gasteiger partial charge in [-0.2, -0.15) is 24.7 Å². The van der Waals surface area contributed by atoms with Crippen molar-refractivity contribution in [2.75, 3.05) is 10.1 Å². The molecular weight excluding hydrogens is 306 g/mol. The summed E-state index contributed by atoms with van der Waals surface area (Å²) in [5, 5.41) is 5.25. The zero-order valence-electron chi connectivity index (χ0n) is 9.40. The number of anilines is 2. The first-order chi connectivity index (χ1) is 9.12. The Kier molecular flexibility index (Phi) is 2.93. The van der Waals surface area contributed by atoms with Crippen molar-refractivity contribution in [1.29, 1.82) is 0 Å². The molecule has 4 N–H and O–H groups in total. The second-order valence-electron chi connectivity index (χ2n) is 3.58. The molecule has 100 valence electrons. The van der Waals surface area contributed by atoms with Gasteiger partial charge in [-0.3, -0.25) is 9.12 Å². The van der Waals surface area contributed by atoms with Crippen LogP contribution in [0.1, 0.15) is 0 Å². The highest BCUT2D eigenvalue weighted by atomic mass is 32.2. The van der Waals surface area contributed by atoms with Crippen molar-refractivity contribution in [3.8, 4) is 0 Å². The topological polar surface area (TPSA) is 102 Å². The van der Waals surface area contributed by atoms with Gasteiger partial charge in [0.25, 0.3) is 10.0 Å². The highest BCUT2D eigenvalue weighted by molar-refractivity contribution is 7.92. The van der Waals surface area contributed by atoms with Gasteiger partial charge >= 0.3 is 0 Å². The van der Waals surface area contributed by atoms with Crippen molar-refractivity contribution in [3.05, 3.63) is 28.4 Å². The average Bonchev–Trinajstić information content (AvgIpc) is 3.01. The Labute approximate surface area is 116 Å².